The highest BCUT2D eigenvalue weighted by Gasteiger charge is 2.40. The molecule has 0 spiro atoms. The average Bonchev–Trinajstić information content (AvgIpc) is 3.29. The minimum Gasteiger partial charge on any atom is -0.341 e. The first-order valence-electron chi connectivity index (χ1n) is 11.8. The minimum atomic E-state index is -5.03. The van der Waals surface area contributed by atoms with Gasteiger partial charge in [-0.1, -0.05) is 18.2 Å². The van der Waals surface area contributed by atoms with Crippen molar-refractivity contribution in [3.63, 3.8) is 0 Å². The molecule has 2 aromatic rings. The number of likely N-dealkylation sites (tertiary alicyclic amines) is 2. The number of halogens is 4. The predicted octanol–water partition coefficient (Wildman–Crippen LogP) is 3.32. The number of alkyl halides is 3. The van der Waals surface area contributed by atoms with E-state index in [0.29, 0.717) is 12.1 Å². The lowest BCUT2D eigenvalue weighted by Gasteiger charge is -2.35. The fraction of sp³-hybridized carbons (Fsp3) is 0.458. The smallest absolute Gasteiger partial charge is 0.341 e. The number of rotatable bonds is 6. The predicted molar refractivity (Wildman–Crippen MR) is 136 cm³/mol. The van der Waals surface area contributed by atoms with Gasteiger partial charge in [0.15, 0.2) is 0 Å². The van der Waals surface area contributed by atoms with E-state index in [1.165, 1.54) is 24.3 Å². The molecule has 2 saturated heterocycles. The summed E-state index contributed by atoms with van der Waals surface area (Å²) >= 11 is 0. The Kier molecular flexibility index (Phi) is 9.19. The van der Waals surface area contributed by atoms with Crippen molar-refractivity contribution in [2.24, 2.45) is 0 Å². The topological polar surface area (TPSA) is 104 Å². The van der Waals surface area contributed by atoms with Crippen molar-refractivity contribution in [3.8, 4) is 0 Å². The molecule has 0 unspecified atom stereocenters. The van der Waals surface area contributed by atoms with Crippen LogP contribution in [0.15, 0.2) is 63.2 Å². The molecule has 0 radical (unpaired) electrons. The van der Waals surface area contributed by atoms with E-state index in [1.807, 2.05) is 11.9 Å². The van der Waals surface area contributed by atoms with E-state index in [2.05, 4.69) is 4.72 Å². The molecule has 8 nitrogen and oxygen atoms in total. The van der Waals surface area contributed by atoms with Gasteiger partial charge in [0, 0.05) is 19.1 Å². The van der Waals surface area contributed by atoms with E-state index >= 15 is 0 Å². The summed E-state index contributed by atoms with van der Waals surface area (Å²) in [4.78, 5) is 14.5. The lowest BCUT2D eigenvalue weighted by molar-refractivity contribution is -0.140. The van der Waals surface area contributed by atoms with E-state index in [9.17, 15) is 34.8 Å². The van der Waals surface area contributed by atoms with Crippen LogP contribution in [-0.2, 0) is 30.8 Å². The van der Waals surface area contributed by atoms with Crippen LogP contribution in [0.4, 0.5) is 13.2 Å². The number of hydrogen-bond donors (Lipinski definition) is 1. The Morgan fingerprint density at radius 3 is 2.11 bits per heavy atom. The molecular weight excluding hydrogens is 567 g/mol. The Hall–Kier alpha value is -2.19. The molecule has 2 fully saturated rings. The van der Waals surface area contributed by atoms with Crippen molar-refractivity contribution in [2.75, 3.05) is 26.7 Å². The van der Waals surface area contributed by atoms with Gasteiger partial charge in [-0.25, -0.2) is 21.6 Å². The fourth-order valence-corrected chi connectivity index (χ4v) is 7.74. The van der Waals surface area contributed by atoms with Gasteiger partial charge in [-0.2, -0.15) is 13.2 Å². The number of amides is 1. The van der Waals surface area contributed by atoms with Crippen LogP contribution in [0.25, 0.3) is 0 Å². The highest BCUT2D eigenvalue weighted by atomic mass is 35.5. The Morgan fingerprint density at radius 2 is 1.55 bits per heavy atom. The summed E-state index contributed by atoms with van der Waals surface area (Å²) in [5, 5.41) is 0. The minimum absolute atomic E-state index is 0. The zero-order valence-corrected chi connectivity index (χ0v) is 23.0. The number of likely N-dealkylation sites (N-methyl/N-ethyl adjacent to an activating group) is 1. The number of sulfonamides is 1. The molecule has 0 bridgehead atoms. The average molecular weight is 596 g/mol. The van der Waals surface area contributed by atoms with E-state index in [-0.39, 0.29) is 55.2 Å². The monoisotopic (exact) mass is 595 g/mol. The molecule has 2 aliphatic rings. The maximum Gasteiger partial charge on any atom is 0.417 e. The molecule has 14 heteroatoms. The lowest BCUT2D eigenvalue weighted by Crippen LogP contribution is -2.51. The Bertz CT molecular complexity index is 1360. The second-order valence-corrected chi connectivity index (χ2v) is 13.0. The standard InChI is InChI=1S/C24H28F3N3O5S2.ClH/c1-29-13-5-8-21(29)23(31)30-14-11-17(12-15-30)28-37(34,35)22-16-19(9-10-20(22)24(25,26)27)36(32,33)18-6-3-2-4-7-18;/h2-4,6-7,9-10,16-17,21,28H,5,8,11-15H2,1H3;1H/t21-;/m0./s1. The summed E-state index contributed by atoms with van der Waals surface area (Å²) in [7, 11) is -7.13. The molecule has 0 aliphatic carbocycles. The molecule has 0 aromatic heterocycles. The van der Waals surface area contributed by atoms with Crippen molar-refractivity contribution in [3.05, 3.63) is 54.1 Å². The highest BCUT2D eigenvalue weighted by Crippen LogP contribution is 2.36. The maximum atomic E-state index is 13.7. The molecule has 38 heavy (non-hydrogen) atoms. The quantitative estimate of drug-likeness (QED) is 0.550. The van der Waals surface area contributed by atoms with Gasteiger partial charge in [-0.15, -0.1) is 12.4 Å². The molecule has 2 heterocycles. The Morgan fingerprint density at radius 1 is 0.921 bits per heavy atom. The molecular formula is C24H29ClF3N3O5S2. The van der Waals surface area contributed by atoms with E-state index in [0.717, 1.165) is 25.5 Å². The van der Waals surface area contributed by atoms with Gasteiger partial charge in [-0.05, 0) is 69.6 Å². The molecule has 2 aromatic carbocycles. The van der Waals surface area contributed by atoms with Gasteiger partial charge in [0.2, 0.25) is 25.8 Å². The lowest BCUT2D eigenvalue weighted by atomic mass is 10.0. The van der Waals surface area contributed by atoms with Gasteiger partial charge < -0.3 is 4.90 Å². The molecule has 1 amide bonds. The first kappa shape index (κ1) is 30.4. The first-order valence-corrected chi connectivity index (χ1v) is 14.8. The summed E-state index contributed by atoms with van der Waals surface area (Å²) in [6, 6.07) is 7.92. The van der Waals surface area contributed by atoms with Gasteiger partial charge in [0.1, 0.15) is 0 Å². The fourth-order valence-electron chi connectivity index (χ4n) is 4.80. The van der Waals surface area contributed by atoms with E-state index < -0.39 is 47.4 Å². The second kappa shape index (κ2) is 11.5. The number of sulfone groups is 1. The second-order valence-electron chi connectivity index (χ2n) is 9.33. The summed E-state index contributed by atoms with van der Waals surface area (Å²) in [5.74, 6) is -0.0283. The SMILES string of the molecule is CN1CCC[C@H]1C(=O)N1CCC(NS(=O)(=O)c2cc(S(=O)(=O)c3ccccc3)ccc2C(F)(F)F)CC1.Cl. The van der Waals surface area contributed by atoms with Crippen LogP contribution in [0.1, 0.15) is 31.2 Å². The third-order valence-corrected chi connectivity index (χ3v) is 10.2. The normalized spacial score (nSPS) is 19.8. The molecule has 2 aliphatic heterocycles. The van der Waals surface area contributed by atoms with Crippen LogP contribution >= 0.6 is 12.4 Å². The van der Waals surface area contributed by atoms with Crippen molar-refractivity contribution in [1.29, 1.82) is 0 Å². The number of carbonyl (C=O) groups excluding carboxylic acids is 1. The van der Waals surface area contributed by atoms with Crippen molar-refractivity contribution < 1.29 is 34.8 Å². The summed E-state index contributed by atoms with van der Waals surface area (Å²) in [6.07, 6.45) is -2.90. The number of benzene rings is 2. The molecule has 0 saturated carbocycles. The Balaban J connectivity index is 0.00000400. The largest absolute Gasteiger partial charge is 0.417 e. The van der Waals surface area contributed by atoms with Gasteiger partial charge in [-0.3, -0.25) is 9.69 Å². The highest BCUT2D eigenvalue weighted by molar-refractivity contribution is 7.91. The zero-order chi connectivity index (χ0) is 27.0. The van der Waals surface area contributed by atoms with Gasteiger partial charge in [0.25, 0.3) is 0 Å². The number of piperidine rings is 1. The zero-order valence-electron chi connectivity index (χ0n) is 20.5. The third-order valence-electron chi connectivity index (χ3n) is 6.85. The summed E-state index contributed by atoms with van der Waals surface area (Å²) in [6.45, 7) is 1.36. The first-order chi connectivity index (χ1) is 17.3. The number of nitrogens with zero attached hydrogens (tertiary/aromatic N) is 2. The van der Waals surface area contributed by atoms with Crippen molar-refractivity contribution in [1.82, 2.24) is 14.5 Å². The van der Waals surface area contributed by atoms with Crippen LogP contribution in [0.2, 0.25) is 0 Å². The molecule has 4 rings (SSSR count). The number of nitrogens with one attached hydrogen (secondary N) is 1. The van der Waals surface area contributed by atoms with E-state index in [4.69, 9.17) is 0 Å². The summed E-state index contributed by atoms with van der Waals surface area (Å²) < 4.78 is 95.8. The van der Waals surface area contributed by atoms with Gasteiger partial charge >= 0.3 is 6.18 Å². The molecule has 210 valence electrons. The third kappa shape index (κ3) is 6.33. The molecule has 1 atom stereocenters. The molecule has 1 N–H and O–H groups in total. The van der Waals surface area contributed by atoms with Crippen molar-refractivity contribution >= 4 is 38.2 Å². The van der Waals surface area contributed by atoms with Crippen LogP contribution in [0.5, 0.6) is 0 Å². The van der Waals surface area contributed by atoms with Crippen LogP contribution in [0, 0.1) is 0 Å². The van der Waals surface area contributed by atoms with Crippen LogP contribution < -0.4 is 4.72 Å². The van der Waals surface area contributed by atoms with Crippen molar-refractivity contribution in [2.45, 2.75) is 58.6 Å². The maximum absolute atomic E-state index is 13.7. The number of hydrogen-bond acceptors (Lipinski definition) is 6. The summed E-state index contributed by atoms with van der Waals surface area (Å²) in [5.41, 5.74) is -1.45. The van der Waals surface area contributed by atoms with Gasteiger partial charge in [0.05, 0.1) is 26.3 Å². The Labute approximate surface area is 226 Å². The van der Waals surface area contributed by atoms with Crippen LogP contribution in [-0.4, -0.2) is 71.3 Å². The van der Waals surface area contributed by atoms with E-state index in [1.54, 1.807) is 11.0 Å². The van der Waals surface area contributed by atoms with Crippen LogP contribution in [0.3, 0.4) is 0 Å². The number of carbonyl (C=O) groups is 1.